The SMILES string of the molecule is CSC(CNC(=O)O)CNC(=O)O. The summed E-state index contributed by atoms with van der Waals surface area (Å²) >= 11 is 1.40. The molecule has 0 rings (SSSR count). The maximum absolute atomic E-state index is 10.1. The Morgan fingerprint density at radius 1 is 1.23 bits per heavy atom. The highest BCUT2D eigenvalue weighted by molar-refractivity contribution is 7.99. The van der Waals surface area contributed by atoms with E-state index in [9.17, 15) is 9.59 Å². The number of rotatable bonds is 5. The first kappa shape index (κ1) is 11.9. The summed E-state index contributed by atoms with van der Waals surface area (Å²) < 4.78 is 0. The van der Waals surface area contributed by atoms with Crippen molar-refractivity contribution in [1.82, 2.24) is 10.6 Å². The van der Waals surface area contributed by atoms with Gasteiger partial charge in [0.25, 0.3) is 0 Å². The molecule has 4 N–H and O–H groups in total. The highest BCUT2D eigenvalue weighted by Crippen LogP contribution is 2.03. The molecule has 13 heavy (non-hydrogen) atoms. The predicted molar refractivity (Wildman–Crippen MR) is 49.4 cm³/mol. The molecule has 0 fully saturated rings. The lowest BCUT2D eigenvalue weighted by Crippen LogP contribution is -2.37. The number of thioether (sulfide) groups is 1. The van der Waals surface area contributed by atoms with Gasteiger partial charge in [0.15, 0.2) is 0 Å². The van der Waals surface area contributed by atoms with Crippen LogP contribution >= 0.6 is 11.8 Å². The number of hydrogen-bond acceptors (Lipinski definition) is 3. The number of carboxylic acid groups (broad SMARTS) is 2. The van der Waals surface area contributed by atoms with Crippen LogP contribution in [-0.2, 0) is 0 Å². The van der Waals surface area contributed by atoms with E-state index < -0.39 is 12.2 Å². The summed E-state index contributed by atoms with van der Waals surface area (Å²) in [6, 6.07) is 0. The normalized spacial score (nSPS) is 9.69. The molecule has 0 bridgehead atoms. The van der Waals surface area contributed by atoms with Crippen LogP contribution < -0.4 is 10.6 Å². The van der Waals surface area contributed by atoms with E-state index in [-0.39, 0.29) is 18.3 Å². The molecule has 0 heterocycles. The van der Waals surface area contributed by atoms with E-state index in [1.165, 1.54) is 11.8 Å². The Labute approximate surface area is 79.7 Å². The Bertz CT molecular complexity index is 169. The first-order valence-electron chi connectivity index (χ1n) is 3.52. The molecule has 0 unspecified atom stereocenters. The van der Waals surface area contributed by atoms with Crippen molar-refractivity contribution < 1.29 is 19.8 Å². The third-order valence-electron chi connectivity index (χ3n) is 1.30. The first-order valence-corrected chi connectivity index (χ1v) is 4.81. The van der Waals surface area contributed by atoms with Gasteiger partial charge in [0.2, 0.25) is 0 Å². The van der Waals surface area contributed by atoms with Crippen LogP contribution in [0.5, 0.6) is 0 Å². The Kier molecular flexibility index (Phi) is 5.86. The summed E-state index contributed by atoms with van der Waals surface area (Å²) in [6.45, 7) is 0.466. The van der Waals surface area contributed by atoms with E-state index in [1.54, 1.807) is 6.26 Å². The average Bonchev–Trinajstić information content (AvgIpc) is 2.04. The topological polar surface area (TPSA) is 98.7 Å². The van der Waals surface area contributed by atoms with Crippen molar-refractivity contribution in [2.75, 3.05) is 19.3 Å². The summed E-state index contributed by atoms with van der Waals surface area (Å²) in [5, 5.41) is 20.8. The molecule has 76 valence electrons. The van der Waals surface area contributed by atoms with Crippen LogP contribution in [0.2, 0.25) is 0 Å². The lowest BCUT2D eigenvalue weighted by Gasteiger charge is -2.13. The fourth-order valence-electron chi connectivity index (χ4n) is 0.641. The van der Waals surface area contributed by atoms with Gasteiger partial charge >= 0.3 is 12.2 Å². The van der Waals surface area contributed by atoms with E-state index in [1.807, 2.05) is 0 Å². The van der Waals surface area contributed by atoms with Gasteiger partial charge in [0.1, 0.15) is 0 Å². The fourth-order valence-corrected chi connectivity index (χ4v) is 1.14. The van der Waals surface area contributed by atoms with Gasteiger partial charge in [-0.1, -0.05) is 0 Å². The zero-order chi connectivity index (χ0) is 10.3. The molecule has 0 aliphatic heterocycles. The molecule has 0 saturated carbocycles. The van der Waals surface area contributed by atoms with E-state index in [4.69, 9.17) is 10.2 Å². The van der Waals surface area contributed by atoms with Gasteiger partial charge in [0, 0.05) is 18.3 Å². The van der Waals surface area contributed by atoms with Crippen LogP contribution in [0.15, 0.2) is 0 Å². The highest BCUT2D eigenvalue weighted by atomic mass is 32.2. The van der Waals surface area contributed by atoms with E-state index in [0.717, 1.165) is 0 Å². The van der Waals surface area contributed by atoms with Crippen LogP contribution in [-0.4, -0.2) is 47.0 Å². The van der Waals surface area contributed by atoms with E-state index in [0.29, 0.717) is 0 Å². The minimum atomic E-state index is -1.10. The van der Waals surface area contributed by atoms with Crippen molar-refractivity contribution in [3.05, 3.63) is 0 Å². The summed E-state index contributed by atoms with van der Waals surface area (Å²) in [5.74, 6) is 0. The van der Waals surface area contributed by atoms with E-state index in [2.05, 4.69) is 10.6 Å². The van der Waals surface area contributed by atoms with Gasteiger partial charge in [-0.2, -0.15) is 11.8 Å². The molecule has 6 nitrogen and oxygen atoms in total. The quantitative estimate of drug-likeness (QED) is 0.519. The molecule has 0 aliphatic rings. The van der Waals surface area contributed by atoms with Gasteiger partial charge in [-0.15, -0.1) is 0 Å². The van der Waals surface area contributed by atoms with Crippen LogP contribution in [0.1, 0.15) is 0 Å². The zero-order valence-electron chi connectivity index (χ0n) is 7.11. The average molecular weight is 208 g/mol. The molecule has 0 aromatic carbocycles. The molecule has 2 amide bonds. The number of hydrogen-bond donors (Lipinski definition) is 4. The number of carbonyl (C=O) groups is 2. The lowest BCUT2D eigenvalue weighted by atomic mass is 10.4. The molecule has 0 aliphatic carbocycles. The van der Waals surface area contributed by atoms with Crippen LogP contribution in [0.25, 0.3) is 0 Å². The summed E-state index contributed by atoms with van der Waals surface area (Å²) in [7, 11) is 0. The molecule has 0 aromatic rings. The van der Waals surface area contributed by atoms with Crippen molar-refractivity contribution in [3.8, 4) is 0 Å². The second kappa shape index (κ2) is 6.41. The largest absolute Gasteiger partial charge is 0.465 e. The molecule has 0 aromatic heterocycles. The molecular weight excluding hydrogens is 196 g/mol. The smallest absolute Gasteiger partial charge is 0.404 e. The molecule has 7 heteroatoms. The second-order valence-electron chi connectivity index (χ2n) is 2.23. The van der Waals surface area contributed by atoms with Crippen LogP contribution in [0.4, 0.5) is 9.59 Å². The monoisotopic (exact) mass is 208 g/mol. The molecular formula is C6H12N2O4S. The van der Waals surface area contributed by atoms with Gasteiger partial charge in [-0.3, -0.25) is 0 Å². The zero-order valence-corrected chi connectivity index (χ0v) is 7.93. The standard InChI is InChI=1S/C6H12N2O4S/c1-13-4(2-7-5(9)10)3-8-6(11)12/h4,7-8H,2-3H2,1H3,(H,9,10)(H,11,12). The number of nitrogens with one attached hydrogen (secondary N) is 2. The Hall–Kier alpha value is -1.11. The fraction of sp³-hybridized carbons (Fsp3) is 0.667. The van der Waals surface area contributed by atoms with Crippen molar-refractivity contribution in [1.29, 1.82) is 0 Å². The Balaban J connectivity index is 3.63. The maximum atomic E-state index is 10.1. The third kappa shape index (κ3) is 7.26. The van der Waals surface area contributed by atoms with Gasteiger partial charge < -0.3 is 20.8 Å². The summed E-state index contributed by atoms with van der Waals surface area (Å²) in [5.41, 5.74) is 0. The minimum Gasteiger partial charge on any atom is -0.465 e. The third-order valence-corrected chi connectivity index (χ3v) is 2.30. The predicted octanol–water partition coefficient (Wildman–Crippen LogP) is 0.253. The van der Waals surface area contributed by atoms with Gasteiger partial charge in [-0.05, 0) is 6.26 Å². The number of amides is 2. The Morgan fingerprint density at radius 3 is 1.85 bits per heavy atom. The highest BCUT2D eigenvalue weighted by Gasteiger charge is 2.09. The second-order valence-corrected chi connectivity index (χ2v) is 3.37. The van der Waals surface area contributed by atoms with E-state index >= 15 is 0 Å². The lowest BCUT2D eigenvalue weighted by molar-refractivity contribution is 0.193. The van der Waals surface area contributed by atoms with Crippen molar-refractivity contribution in [3.63, 3.8) is 0 Å². The molecule has 0 radical (unpaired) electrons. The minimum absolute atomic E-state index is 0.0767. The van der Waals surface area contributed by atoms with Crippen LogP contribution in [0, 0.1) is 0 Å². The van der Waals surface area contributed by atoms with Gasteiger partial charge in [0.05, 0.1) is 0 Å². The molecule has 0 saturated heterocycles. The van der Waals surface area contributed by atoms with Crippen molar-refractivity contribution in [2.24, 2.45) is 0 Å². The van der Waals surface area contributed by atoms with Gasteiger partial charge in [-0.25, -0.2) is 9.59 Å². The van der Waals surface area contributed by atoms with Crippen molar-refractivity contribution >= 4 is 23.9 Å². The van der Waals surface area contributed by atoms with Crippen molar-refractivity contribution in [2.45, 2.75) is 5.25 Å². The molecule has 0 atom stereocenters. The first-order chi connectivity index (χ1) is 6.06. The molecule has 0 spiro atoms. The summed E-state index contributed by atoms with van der Waals surface area (Å²) in [4.78, 5) is 20.2. The van der Waals surface area contributed by atoms with Crippen LogP contribution in [0.3, 0.4) is 0 Å². The Morgan fingerprint density at radius 2 is 1.62 bits per heavy atom. The maximum Gasteiger partial charge on any atom is 0.404 e. The summed E-state index contributed by atoms with van der Waals surface area (Å²) in [6.07, 6.45) is -0.415.